The number of carboxylic acids is 1. The van der Waals surface area contributed by atoms with Crippen molar-refractivity contribution >= 4 is 28.5 Å². The van der Waals surface area contributed by atoms with Gasteiger partial charge in [-0.2, -0.15) is 0 Å². The number of likely N-dealkylation sites (tertiary alicyclic amines) is 1. The van der Waals surface area contributed by atoms with Gasteiger partial charge in [0.1, 0.15) is 6.04 Å². The van der Waals surface area contributed by atoms with E-state index < -0.39 is 5.97 Å². The van der Waals surface area contributed by atoms with Crippen LogP contribution in [0, 0.1) is 0 Å². The highest BCUT2D eigenvalue weighted by atomic mass is 35.5. The molecule has 1 atom stereocenters. The third-order valence-corrected chi connectivity index (χ3v) is 4.24. The number of aromatic nitrogens is 1. The molecule has 1 aromatic heterocycles. The molecule has 4 nitrogen and oxygen atoms in total. The Morgan fingerprint density at radius 3 is 3.10 bits per heavy atom. The third kappa shape index (κ3) is 2.53. The summed E-state index contributed by atoms with van der Waals surface area (Å²) >= 11 is 5.98. The average Bonchev–Trinajstić information content (AvgIpc) is 2.81. The Hall–Kier alpha value is -1.52. The van der Waals surface area contributed by atoms with Gasteiger partial charge in [-0.15, -0.1) is 0 Å². The van der Waals surface area contributed by atoms with Crippen LogP contribution in [0.1, 0.15) is 24.8 Å². The third-order valence-electron chi connectivity index (χ3n) is 4.00. The van der Waals surface area contributed by atoms with Crippen molar-refractivity contribution in [2.45, 2.75) is 31.8 Å². The van der Waals surface area contributed by atoms with Crippen molar-refractivity contribution in [1.82, 2.24) is 9.88 Å². The van der Waals surface area contributed by atoms with Crippen LogP contribution in [0.5, 0.6) is 0 Å². The molecule has 1 fully saturated rings. The monoisotopic (exact) mass is 292 g/mol. The van der Waals surface area contributed by atoms with E-state index in [0.717, 1.165) is 42.3 Å². The smallest absolute Gasteiger partial charge is 0.320 e. The molecule has 1 aliphatic rings. The maximum Gasteiger partial charge on any atom is 0.320 e. The number of rotatable bonds is 3. The lowest BCUT2D eigenvalue weighted by molar-refractivity contribution is -0.144. The highest BCUT2D eigenvalue weighted by molar-refractivity contribution is 6.31. The number of hydrogen-bond acceptors (Lipinski definition) is 2. The number of aliphatic carboxylic acids is 1. The van der Waals surface area contributed by atoms with Crippen molar-refractivity contribution in [3.8, 4) is 0 Å². The van der Waals surface area contributed by atoms with Gasteiger partial charge < -0.3 is 10.1 Å². The molecular weight excluding hydrogens is 276 g/mol. The van der Waals surface area contributed by atoms with E-state index >= 15 is 0 Å². The van der Waals surface area contributed by atoms with E-state index in [-0.39, 0.29) is 6.04 Å². The van der Waals surface area contributed by atoms with Gasteiger partial charge in [0.15, 0.2) is 0 Å². The van der Waals surface area contributed by atoms with Crippen LogP contribution in [0.4, 0.5) is 0 Å². The number of fused-ring (bicyclic) bond motifs is 1. The van der Waals surface area contributed by atoms with Crippen molar-refractivity contribution in [2.75, 3.05) is 6.54 Å². The molecule has 5 heteroatoms. The number of H-pyrrole nitrogens is 1. The van der Waals surface area contributed by atoms with Gasteiger partial charge in [-0.3, -0.25) is 9.69 Å². The van der Waals surface area contributed by atoms with E-state index in [1.807, 2.05) is 24.4 Å². The minimum absolute atomic E-state index is 0.360. The first-order valence-corrected chi connectivity index (χ1v) is 7.25. The zero-order valence-electron chi connectivity index (χ0n) is 11.1. The average molecular weight is 293 g/mol. The van der Waals surface area contributed by atoms with Crippen LogP contribution in [-0.2, 0) is 11.3 Å². The van der Waals surface area contributed by atoms with Gasteiger partial charge in [0.25, 0.3) is 0 Å². The summed E-state index contributed by atoms with van der Waals surface area (Å²) in [6, 6.07) is 5.39. The van der Waals surface area contributed by atoms with Crippen molar-refractivity contribution in [3.05, 3.63) is 35.0 Å². The van der Waals surface area contributed by atoms with E-state index in [1.54, 1.807) is 0 Å². The Morgan fingerprint density at radius 1 is 1.45 bits per heavy atom. The second-order valence-electron chi connectivity index (χ2n) is 5.32. The van der Waals surface area contributed by atoms with Gasteiger partial charge in [0.2, 0.25) is 0 Å². The number of nitrogens with one attached hydrogen (secondary N) is 1. The van der Waals surface area contributed by atoms with Gasteiger partial charge in [-0.05, 0) is 37.1 Å². The highest BCUT2D eigenvalue weighted by Crippen LogP contribution is 2.26. The number of carbonyl (C=O) groups is 1. The SMILES string of the molecule is O=C(O)C1CCCCN1Cc1c[nH]c2cc(Cl)ccc12. The van der Waals surface area contributed by atoms with Crippen molar-refractivity contribution in [3.63, 3.8) is 0 Å². The fourth-order valence-electron chi connectivity index (χ4n) is 2.97. The molecule has 2 N–H and O–H groups in total. The second kappa shape index (κ2) is 5.46. The number of piperidine rings is 1. The summed E-state index contributed by atoms with van der Waals surface area (Å²) in [6.45, 7) is 1.51. The van der Waals surface area contributed by atoms with Gasteiger partial charge >= 0.3 is 5.97 Å². The molecule has 0 bridgehead atoms. The molecule has 1 saturated heterocycles. The molecule has 1 unspecified atom stereocenters. The zero-order valence-corrected chi connectivity index (χ0v) is 11.9. The van der Waals surface area contributed by atoms with Crippen LogP contribution in [0.3, 0.4) is 0 Å². The standard InChI is InChI=1S/C15H17ClN2O2/c16-11-4-5-12-10(8-17-13(12)7-11)9-18-6-2-1-3-14(18)15(19)20/h4-5,7-8,14,17H,1-3,6,9H2,(H,19,20). The van der Waals surface area contributed by atoms with E-state index in [0.29, 0.717) is 11.6 Å². The Kier molecular flexibility index (Phi) is 3.68. The molecule has 1 aromatic carbocycles. The molecule has 0 spiro atoms. The molecule has 20 heavy (non-hydrogen) atoms. The predicted molar refractivity (Wildman–Crippen MR) is 79.0 cm³/mol. The molecule has 2 aromatic rings. The molecule has 106 valence electrons. The van der Waals surface area contributed by atoms with Crippen molar-refractivity contribution in [1.29, 1.82) is 0 Å². The minimum atomic E-state index is -0.715. The van der Waals surface area contributed by atoms with Gasteiger partial charge in [-0.1, -0.05) is 24.1 Å². The molecule has 0 saturated carbocycles. The second-order valence-corrected chi connectivity index (χ2v) is 5.76. The topological polar surface area (TPSA) is 56.3 Å². The van der Waals surface area contributed by atoms with E-state index in [4.69, 9.17) is 11.6 Å². The predicted octanol–water partition coefficient (Wildman–Crippen LogP) is 3.26. The van der Waals surface area contributed by atoms with E-state index in [9.17, 15) is 9.90 Å². The van der Waals surface area contributed by atoms with Gasteiger partial charge in [0.05, 0.1) is 0 Å². The summed E-state index contributed by atoms with van der Waals surface area (Å²) in [6.07, 6.45) is 4.76. The number of carboxylic acid groups (broad SMARTS) is 1. The first-order valence-electron chi connectivity index (χ1n) is 6.87. The summed E-state index contributed by atoms with van der Waals surface area (Å²) in [5.41, 5.74) is 2.13. The summed E-state index contributed by atoms with van der Waals surface area (Å²) < 4.78 is 0. The number of halogens is 1. The lowest BCUT2D eigenvalue weighted by atomic mass is 10.0. The Labute approximate surface area is 122 Å². The maximum absolute atomic E-state index is 11.3. The van der Waals surface area contributed by atoms with Crippen LogP contribution < -0.4 is 0 Å². The summed E-state index contributed by atoms with van der Waals surface area (Å²) in [4.78, 5) is 16.6. The fourth-order valence-corrected chi connectivity index (χ4v) is 3.14. The largest absolute Gasteiger partial charge is 0.480 e. The Bertz CT molecular complexity index is 638. The lowest BCUT2D eigenvalue weighted by Gasteiger charge is -2.32. The van der Waals surface area contributed by atoms with Crippen LogP contribution in [-0.4, -0.2) is 33.5 Å². The van der Waals surface area contributed by atoms with Crippen LogP contribution in [0.15, 0.2) is 24.4 Å². The minimum Gasteiger partial charge on any atom is -0.480 e. The maximum atomic E-state index is 11.3. The highest BCUT2D eigenvalue weighted by Gasteiger charge is 2.28. The Morgan fingerprint density at radius 2 is 2.30 bits per heavy atom. The molecule has 0 radical (unpaired) electrons. The molecule has 2 heterocycles. The lowest BCUT2D eigenvalue weighted by Crippen LogP contribution is -2.43. The summed E-state index contributed by atoms with van der Waals surface area (Å²) in [7, 11) is 0. The molecule has 1 aliphatic heterocycles. The van der Waals surface area contributed by atoms with E-state index in [1.165, 1.54) is 0 Å². The van der Waals surface area contributed by atoms with Crippen LogP contribution in [0.2, 0.25) is 5.02 Å². The normalized spacial score (nSPS) is 20.4. The van der Waals surface area contributed by atoms with Crippen LogP contribution in [0.25, 0.3) is 10.9 Å². The molecule has 0 aliphatic carbocycles. The molecule has 0 amide bonds. The van der Waals surface area contributed by atoms with E-state index in [2.05, 4.69) is 9.88 Å². The first-order chi connectivity index (χ1) is 9.65. The Balaban J connectivity index is 1.86. The van der Waals surface area contributed by atoms with Crippen molar-refractivity contribution < 1.29 is 9.90 Å². The molecule has 3 rings (SSSR count). The van der Waals surface area contributed by atoms with Gasteiger partial charge in [-0.25, -0.2) is 0 Å². The first kappa shape index (κ1) is 13.5. The number of aromatic amines is 1. The quantitative estimate of drug-likeness (QED) is 0.913. The number of hydrogen-bond donors (Lipinski definition) is 2. The fraction of sp³-hybridized carbons (Fsp3) is 0.400. The van der Waals surface area contributed by atoms with Crippen molar-refractivity contribution in [2.24, 2.45) is 0 Å². The zero-order chi connectivity index (χ0) is 14.1. The van der Waals surface area contributed by atoms with Gasteiger partial charge in [0, 0.05) is 28.7 Å². The summed E-state index contributed by atoms with van der Waals surface area (Å²) in [5, 5.41) is 11.1. The molecular formula is C15H17ClN2O2. The summed E-state index contributed by atoms with van der Waals surface area (Å²) in [5.74, 6) is -0.715. The number of nitrogens with zero attached hydrogens (tertiary/aromatic N) is 1. The number of benzene rings is 1. The van der Waals surface area contributed by atoms with Crippen LogP contribution >= 0.6 is 11.6 Å².